The third-order valence-electron chi connectivity index (χ3n) is 4.63. The molecule has 0 aliphatic carbocycles. The molecule has 0 aromatic heterocycles. The lowest BCUT2D eigenvalue weighted by atomic mass is 10.3. The highest BCUT2D eigenvalue weighted by molar-refractivity contribution is 7.92. The van der Waals surface area contributed by atoms with Crippen LogP contribution in [0.4, 0.5) is 11.4 Å². The van der Waals surface area contributed by atoms with Crippen LogP contribution in [-0.2, 0) is 19.6 Å². The number of rotatable bonds is 10. The van der Waals surface area contributed by atoms with Gasteiger partial charge in [0.25, 0.3) is 10.0 Å². The molecule has 3 rings (SSSR count). The first-order valence-electron chi connectivity index (χ1n) is 10.1. The molecule has 0 radical (unpaired) electrons. The Morgan fingerprint density at radius 1 is 0.886 bits per heavy atom. The highest BCUT2D eigenvalue weighted by Gasteiger charge is 2.30. The molecule has 0 spiro atoms. The van der Waals surface area contributed by atoms with Gasteiger partial charge in [-0.2, -0.15) is 0 Å². The molecule has 7 nitrogen and oxygen atoms in total. The lowest BCUT2D eigenvalue weighted by Crippen LogP contribution is -2.38. The van der Waals surface area contributed by atoms with E-state index < -0.39 is 22.5 Å². The quantitative estimate of drug-likeness (QED) is 0.292. The van der Waals surface area contributed by atoms with E-state index in [1.807, 2.05) is 0 Å². The number of nitrogens with one attached hydrogen (secondary N) is 1. The zero-order valence-corrected chi connectivity index (χ0v) is 22.1. The molecule has 0 bridgehead atoms. The second-order valence-electron chi connectivity index (χ2n) is 7.10. The van der Waals surface area contributed by atoms with E-state index >= 15 is 0 Å². The molecule has 1 N–H and O–H groups in total. The van der Waals surface area contributed by atoms with Crippen molar-refractivity contribution in [1.29, 1.82) is 0 Å². The maximum Gasteiger partial charge on any atom is 0.264 e. The van der Waals surface area contributed by atoms with Crippen molar-refractivity contribution in [3.05, 3.63) is 80.8 Å². The number of hydrogen-bond donors (Lipinski definition) is 1. The Morgan fingerprint density at radius 3 is 2.09 bits per heavy atom. The van der Waals surface area contributed by atoms with Gasteiger partial charge < -0.3 is 14.8 Å². The van der Waals surface area contributed by atoms with Gasteiger partial charge in [0.2, 0.25) is 5.91 Å². The number of nitrogens with zero attached hydrogens (tertiary/aromatic N) is 1. The fraction of sp³-hybridized carbons (Fsp3) is 0.174. The molecular formula is C23H20Cl4N2O5S. The van der Waals surface area contributed by atoms with E-state index in [0.717, 1.165) is 4.31 Å². The zero-order valence-electron chi connectivity index (χ0n) is 18.3. The van der Waals surface area contributed by atoms with Crippen molar-refractivity contribution in [2.45, 2.75) is 4.90 Å². The summed E-state index contributed by atoms with van der Waals surface area (Å²) in [7, 11) is -2.75. The summed E-state index contributed by atoms with van der Waals surface area (Å²) in [5, 5.41) is 3.67. The number of amides is 1. The fourth-order valence-corrected chi connectivity index (χ4v) is 5.23. The molecule has 0 aliphatic rings. The first-order chi connectivity index (χ1) is 16.6. The molecule has 0 aliphatic heterocycles. The van der Waals surface area contributed by atoms with Crippen LogP contribution in [0.15, 0.2) is 65.6 Å². The van der Waals surface area contributed by atoms with Crippen molar-refractivity contribution in [1.82, 2.24) is 0 Å². The lowest BCUT2D eigenvalue weighted by Gasteiger charge is -2.26. The number of benzene rings is 3. The van der Waals surface area contributed by atoms with Gasteiger partial charge in [0, 0.05) is 28.9 Å². The van der Waals surface area contributed by atoms with Gasteiger partial charge in [-0.1, -0.05) is 46.4 Å². The van der Waals surface area contributed by atoms with Crippen LogP contribution in [0.2, 0.25) is 20.1 Å². The number of halogens is 4. The second-order valence-corrected chi connectivity index (χ2v) is 10.6. The van der Waals surface area contributed by atoms with E-state index in [-0.39, 0.29) is 39.6 Å². The summed E-state index contributed by atoms with van der Waals surface area (Å²) in [6.07, 6.45) is 0. The molecule has 0 saturated carbocycles. The largest absolute Gasteiger partial charge is 0.490 e. The number of anilines is 2. The van der Waals surface area contributed by atoms with Crippen molar-refractivity contribution in [2.75, 3.05) is 36.5 Å². The SMILES string of the molecule is COCCOc1cc(N(CC(=O)Nc2ccc(Cl)cc2)S(=O)(=O)c2ccc(Cl)cc2)c(Cl)cc1Cl. The van der Waals surface area contributed by atoms with Gasteiger partial charge in [0.05, 0.1) is 27.2 Å². The minimum atomic E-state index is -4.26. The summed E-state index contributed by atoms with van der Waals surface area (Å²) >= 11 is 24.4. The predicted octanol–water partition coefficient (Wildman–Crippen LogP) is 6.16. The number of ether oxygens (including phenoxy) is 2. The van der Waals surface area contributed by atoms with Crippen LogP contribution in [0.5, 0.6) is 5.75 Å². The molecule has 0 heterocycles. The Balaban J connectivity index is 2.02. The van der Waals surface area contributed by atoms with E-state index in [1.165, 1.54) is 43.5 Å². The summed E-state index contributed by atoms with van der Waals surface area (Å²) in [6.45, 7) is -0.144. The van der Waals surface area contributed by atoms with Crippen LogP contribution in [0.1, 0.15) is 0 Å². The highest BCUT2D eigenvalue weighted by atomic mass is 35.5. The summed E-state index contributed by atoms with van der Waals surface area (Å²) in [6, 6.07) is 14.6. The van der Waals surface area contributed by atoms with Crippen LogP contribution >= 0.6 is 46.4 Å². The van der Waals surface area contributed by atoms with E-state index in [1.54, 1.807) is 24.3 Å². The third kappa shape index (κ3) is 7.16. The minimum absolute atomic E-state index is 0.00434. The Labute approximate surface area is 223 Å². The lowest BCUT2D eigenvalue weighted by molar-refractivity contribution is -0.114. The van der Waals surface area contributed by atoms with Crippen LogP contribution in [0, 0.1) is 0 Å². The van der Waals surface area contributed by atoms with E-state index in [4.69, 9.17) is 55.9 Å². The maximum absolute atomic E-state index is 13.6. The van der Waals surface area contributed by atoms with Gasteiger partial charge in [0.15, 0.2) is 0 Å². The molecule has 35 heavy (non-hydrogen) atoms. The first kappa shape index (κ1) is 27.4. The molecule has 0 unspecified atom stereocenters. The average molecular weight is 578 g/mol. The smallest absolute Gasteiger partial charge is 0.264 e. The van der Waals surface area contributed by atoms with Gasteiger partial charge in [-0.05, 0) is 54.6 Å². The standard InChI is InChI=1S/C23H20Cl4N2O5S/c1-33-10-11-34-22-13-21(19(26)12-20(22)27)29(35(31,32)18-8-4-16(25)5-9-18)14-23(30)28-17-6-2-15(24)3-7-17/h2-9,12-13H,10-11,14H2,1H3,(H,28,30). The van der Waals surface area contributed by atoms with Crippen molar-refractivity contribution in [3.8, 4) is 5.75 Å². The van der Waals surface area contributed by atoms with Gasteiger partial charge in [-0.25, -0.2) is 8.42 Å². The fourth-order valence-electron chi connectivity index (χ4n) is 2.95. The van der Waals surface area contributed by atoms with Gasteiger partial charge in [-0.15, -0.1) is 0 Å². The van der Waals surface area contributed by atoms with Crippen LogP contribution in [-0.4, -0.2) is 41.2 Å². The monoisotopic (exact) mass is 576 g/mol. The van der Waals surface area contributed by atoms with Crippen molar-refractivity contribution < 1.29 is 22.7 Å². The van der Waals surface area contributed by atoms with E-state index in [9.17, 15) is 13.2 Å². The first-order valence-corrected chi connectivity index (χ1v) is 13.0. The zero-order chi connectivity index (χ0) is 25.6. The number of carbonyl (C=O) groups excluding carboxylic acids is 1. The predicted molar refractivity (Wildman–Crippen MR) is 140 cm³/mol. The molecular weight excluding hydrogens is 558 g/mol. The van der Waals surface area contributed by atoms with Crippen LogP contribution in [0.3, 0.4) is 0 Å². The van der Waals surface area contributed by atoms with E-state index in [2.05, 4.69) is 5.32 Å². The number of hydrogen-bond acceptors (Lipinski definition) is 5. The summed E-state index contributed by atoms with van der Waals surface area (Å²) in [4.78, 5) is 12.8. The summed E-state index contributed by atoms with van der Waals surface area (Å²) in [5.41, 5.74) is 0.443. The molecule has 0 atom stereocenters. The number of carbonyl (C=O) groups is 1. The van der Waals surface area contributed by atoms with Gasteiger partial charge in [-0.3, -0.25) is 9.10 Å². The summed E-state index contributed by atoms with van der Waals surface area (Å²) in [5.74, 6) is -0.435. The molecule has 3 aromatic carbocycles. The minimum Gasteiger partial charge on any atom is -0.490 e. The van der Waals surface area contributed by atoms with Crippen molar-refractivity contribution in [2.24, 2.45) is 0 Å². The normalized spacial score (nSPS) is 11.2. The van der Waals surface area contributed by atoms with Gasteiger partial charge >= 0.3 is 0 Å². The molecule has 186 valence electrons. The van der Waals surface area contributed by atoms with Crippen LogP contribution < -0.4 is 14.4 Å². The molecule has 3 aromatic rings. The average Bonchev–Trinajstić information content (AvgIpc) is 2.81. The van der Waals surface area contributed by atoms with E-state index in [0.29, 0.717) is 15.7 Å². The third-order valence-corrected chi connectivity index (χ3v) is 7.51. The maximum atomic E-state index is 13.6. The molecule has 0 fully saturated rings. The topological polar surface area (TPSA) is 84.9 Å². The Bertz CT molecular complexity index is 1290. The Kier molecular flexibility index (Phi) is 9.52. The van der Waals surface area contributed by atoms with Crippen molar-refractivity contribution in [3.63, 3.8) is 0 Å². The molecule has 1 amide bonds. The van der Waals surface area contributed by atoms with Crippen molar-refractivity contribution >= 4 is 73.7 Å². The Morgan fingerprint density at radius 2 is 1.49 bits per heavy atom. The number of methoxy groups -OCH3 is 1. The number of sulfonamides is 1. The summed E-state index contributed by atoms with van der Waals surface area (Å²) < 4.78 is 38.7. The molecule has 0 saturated heterocycles. The Hall–Kier alpha value is -2.20. The highest BCUT2D eigenvalue weighted by Crippen LogP contribution is 2.38. The second kappa shape index (κ2) is 12.2. The van der Waals surface area contributed by atoms with Gasteiger partial charge in [0.1, 0.15) is 18.9 Å². The van der Waals surface area contributed by atoms with Crippen LogP contribution in [0.25, 0.3) is 0 Å². The molecule has 12 heteroatoms.